The molecule has 0 aromatic carbocycles. The minimum atomic E-state index is -4.61. The minimum Gasteiger partial charge on any atom is -0.382 e. The normalized spacial score (nSPS) is 16.2. The number of aliphatic hydroxyl groups is 1. The fourth-order valence-corrected chi connectivity index (χ4v) is 2.02. The molecule has 17 heavy (non-hydrogen) atoms. The molecule has 1 aromatic heterocycles. The monoisotopic (exact) mass is 268 g/mol. The van der Waals surface area contributed by atoms with Gasteiger partial charge in [-0.15, -0.1) is 11.3 Å². The quantitative estimate of drug-likeness (QED) is 0.860. The van der Waals surface area contributed by atoms with Crippen LogP contribution in [0.3, 0.4) is 0 Å². The van der Waals surface area contributed by atoms with Gasteiger partial charge in [0, 0.05) is 18.0 Å². The predicted octanol–water partition coefficient (Wildman–Crippen LogP) is 2.18. The Balaban J connectivity index is 2.61. The largest absolute Gasteiger partial charge is 0.415 e. The summed E-state index contributed by atoms with van der Waals surface area (Å²) < 4.78 is 37.3. The van der Waals surface area contributed by atoms with Gasteiger partial charge >= 0.3 is 6.18 Å². The summed E-state index contributed by atoms with van der Waals surface area (Å²) in [5, 5.41) is 13.7. The van der Waals surface area contributed by atoms with Gasteiger partial charge in [0.2, 0.25) is 0 Å². The van der Waals surface area contributed by atoms with Gasteiger partial charge in [0.05, 0.1) is 11.2 Å². The average molecular weight is 268 g/mol. The summed E-state index contributed by atoms with van der Waals surface area (Å²) in [7, 11) is 0. The third-order valence-corrected chi connectivity index (χ3v) is 3.03. The van der Waals surface area contributed by atoms with Crippen LogP contribution in [0, 0.1) is 5.92 Å². The van der Waals surface area contributed by atoms with E-state index in [1.807, 2.05) is 0 Å². The number of nitrogens with one attached hydrogen (secondary N) is 1. The molecule has 0 bridgehead atoms. The first-order valence-electron chi connectivity index (χ1n) is 5.17. The summed E-state index contributed by atoms with van der Waals surface area (Å²) in [5.41, 5.74) is 2.29. The zero-order valence-electron chi connectivity index (χ0n) is 9.53. The summed E-state index contributed by atoms with van der Waals surface area (Å²) in [6, 6.07) is -1.03. The molecule has 0 aliphatic heterocycles. The number of alkyl halides is 3. The van der Waals surface area contributed by atoms with Crippen LogP contribution in [0.2, 0.25) is 0 Å². The third-order valence-electron chi connectivity index (χ3n) is 2.40. The molecule has 3 nitrogen and oxygen atoms in total. The lowest BCUT2D eigenvalue weighted by Crippen LogP contribution is -2.50. The van der Waals surface area contributed by atoms with Crippen LogP contribution < -0.4 is 5.32 Å². The Labute approximate surface area is 102 Å². The summed E-state index contributed by atoms with van der Waals surface area (Å²) in [4.78, 5) is 3.96. The molecule has 0 saturated heterocycles. The number of aliphatic hydroxyl groups excluding tert-OH is 1. The summed E-state index contributed by atoms with van der Waals surface area (Å²) >= 11 is 1.38. The van der Waals surface area contributed by atoms with Gasteiger partial charge in [-0.1, -0.05) is 13.8 Å². The predicted molar refractivity (Wildman–Crippen MR) is 59.6 cm³/mol. The first-order chi connectivity index (χ1) is 7.82. The Kier molecular flexibility index (Phi) is 4.91. The third kappa shape index (κ3) is 4.25. The highest BCUT2D eigenvalue weighted by molar-refractivity contribution is 7.07. The fourth-order valence-electron chi connectivity index (χ4n) is 1.46. The smallest absolute Gasteiger partial charge is 0.382 e. The zero-order chi connectivity index (χ0) is 13.1. The van der Waals surface area contributed by atoms with Gasteiger partial charge in [0.25, 0.3) is 0 Å². The molecule has 0 amide bonds. The van der Waals surface area contributed by atoms with E-state index in [-0.39, 0.29) is 12.5 Å². The molecule has 1 aromatic rings. The Morgan fingerprint density at radius 1 is 1.47 bits per heavy atom. The van der Waals surface area contributed by atoms with Crippen molar-refractivity contribution in [2.75, 3.05) is 0 Å². The average Bonchev–Trinajstić information content (AvgIpc) is 2.68. The zero-order valence-corrected chi connectivity index (χ0v) is 10.3. The lowest BCUT2D eigenvalue weighted by atomic mass is 9.98. The molecule has 0 unspecified atom stereocenters. The molecule has 98 valence electrons. The number of rotatable bonds is 5. The second-order valence-corrected chi connectivity index (χ2v) is 4.84. The van der Waals surface area contributed by atoms with Crippen molar-refractivity contribution in [2.45, 2.75) is 38.7 Å². The molecule has 0 aliphatic rings. The lowest BCUT2D eigenvalue weighted by molar-refractivity contribution is -0.215. The van der Waals surface area contributed by atoms with Crippen LogP contribution in [0.4, 0.5) is 13.2 Å². The highest BCUT2D eigenvalue weighted by atomic mass is 32.1. The Morgan fingerprint density at radius 3 is 2.53 bits per heavy atom. The SMILES string of the molecule is CC(C)[C@H](NCc1cscn1)[C@H](O)C(F)(F)F. The van der Waals surface area contributed by atoms with Gasteiger partial charge in [-0.25, -0.2) is 4.98 Å². The molecule has 0 fully saturated rings. The Bertz CT molecular complexity index is 327. The van der Waals surface area contributed by atoms with E-state index in [2.05, 4.69) is 10.3 Å². The molecule has 2 N–H and O–H groups in total. The van der Waals surface area contributed by atoms with E-state index in [0.29, 0.717) is 5.69 Å². The van der Waals surface area contributed by atoms with E-state index < -0.39 is 18.3 Å². The molecule has 0 radical (unpaired) electrons. The summed E-state index contributed by atoms with van der Waals surface area (Å²) in [5.74, 6) is -0.328. The lowest BCUT2D eigenvalue weighted by Gasteiger charge is -2.28. The van der Waals surface area contributed by atoms with Gasteiger partial charge in [-0.3, -0.25) is 0 Å². The van der Waals surface area contributed by atoms with Crippen molar-refractivity contribution in [1.82, 2.24) is 10.3 Å². The number of thiazole rings is 1. The highest BCUT2D eigenvalue weighted by Crippen LogP contribution is 2.25. The topological polar surface area (TPSA) is 45.2 Å². The fraction of sp³-hybridized carbons (Fsp3) is 0.700. The van der Waals surface area contributed by atoms with Crippen LogP contribution in [0.25, 0.3) is 0 Å². The van der Waals surface area contributed by atoms with E-state index >= 15 is 0 Å². The summed E-state index contributed by atoms with van der Waals surface area (Å²) in [6.45, 7) is 3.49. The van der Waals surface area contributed by atoms with Gasteiger partial charge < -0.3 is 10.4 Å². The Hall–Kier alpha value is -0.660. The minimum absolute atomic E-state index is 0.222. The molecule has 7 heteroatoms. The van der Waals surface area contributed by atoms with Crippen molar-refractivity contribution >= 4 is 11.3 Å². The maximum atomic E-state index is 12.4. The second kappa shape index (κ2) is 5.79. The van der Waals surface area contributed by atoms with E-state index in [1.54, 1.807) is 24.7 Å². The second-order valence-electron chi connectivity index (χ2n) is 4.12. The molecule has 0 aliphatic carbocycles. The van der Waals surface area contributed by atoms with Crippen molar-refractivity contribution in [3.63, 3.8) is 0 Å². The van der Waals surface area contributed by atoms with Crippen molar-refractivity contribution < 1.29 is 18.3 Å². The highest BCUT2D eigenvalue weighted by Gasteiger charge is 2.44. The van der Waals surface area contributed by atoms with Gasteiger partial charge in [0.1, 0.15) is 0 Å². The molecule has 1 rings (SSSR count). The standard InChI is InChI=1S/C10H15F3N2OS/c1-6(2)8(9(16)10(11,12)13)14-3-7-4-17-5-15-7/h4-6,8-9,14,16H,3H2,1-2H3/t8-,9-/m0/s1. The molecule has 0 spiro atoms. The van der Waals surface area contributed by atoms with Crippen LogP contribution >= 0.6 is 11.3 Å². The van der Waals surface area contributed by atoms with Crippen LogP contribution in [0.1, 0.15) is 19.5 Å². The van der Waals surface area contributed by atoms with E-state index in [4.69, 9.17) is 0 Å². The van der Waals surface area contributed by atoms with E-state index in [0.717, 1.165) is 0 Å². The molecule has 2 atom stereocenters. The van der Waals surface area contributed by atoms with Crippen molar-refractivity contribution in [3.8, 4) is 0 Å². The van der Waals surface area contributed by atoms with Gasteiger partial charge in [0.15, 0.2) is 6.10 Å². The number of nitrogens with zero attached hydrogens (tertiary/aromatic N) is 1. The van der Waals surface area contributed by atoms with E-state index in [1.165, 1.54) is 11.3 Å². The van der Waals surface area contributed by atoms with E-state index in [9.17, 15) is 18.3 Å². The first-order valence-corrected chi connectivity index (χ1v) is 6.12. The number of halogens is 3. The number of hydrogen-bond acceptors (Lipinski definition) is 4. The van der Waals surface area contributed by atoms with Crippen LogP contribution in [0.15, 0.2) is 10.9 Å². The first kappa shape index (κ1) is 14.4. The van der Waals surface area contributed by atoms with Gasteiger partial charge in [-0.05, 0) is 5.92 Å². The molecule has 1 heterocycles. The van der Waals surface area contributed by atoms with Crippen LogP contribution in [-0.2, 0) is 6.54 Å². The van der Waals surface area contributed by atoms with Crippen molar-refractivity contribution in [2.24, 2.45) is 5.92 Å². The molecular weight excluding hydrogens is 253 g/mol. The molecular formula is C10H15F3N2OS. The maximum Gasteiger partial charge on any atom is 0.415 e. The number of hydrogen-bond donors (Lipinski definition) is 2. The van der Waals surface area contributed by atoms with Crippen molar-refractivity contribution in [3.05, 3.63) is 16.6 Å². The van der Waals surface area contributed by atoms with Gasteiger partial charge in [-0.2, -0.15) is 13.2 Å². The molecule has 0 saturated carbocycles. The van der Waals surface area contributed by atoms with Crippen LogP contribution in [-0.4, -0.2) is 28.4 Å². The van der Waals surface area contributed by atoms with Crippen molar-refractivity contribution in [1.29, 1.82) is 0 Å². The number of aromatic nitrogens is 1. The Morgan fingerprint density at radius 2 is 2.12 bits per heavy atom. The maximum absolute atomic E-state index is 12.4. The van der Waals surface area contributed by atoms with Crippen LogP contribution in [0.5, 0.6) is 0 Å². The summed E-state index contributed by atoms with van der Waals surface area (Å²) in [6.07, 6.45) is -6.97.